The fraction of sp³-hybridized carbons (Fsp3) is 0.533. The second-order valence-electron chi connectivity index (χ2n) is 5.59. The molecule has 0 amide bonds. The zero-order valence-corrected chi connectivity index (χ0v) is 11.3. The summed E-state index contributed by atoms with van der Waals surface area (Å²) in [4.78, 5) is 12.4. The highest BCUT2D eigenvalue weighted by molar-refractivity contribution is 5.59. The first-order valence-electron chi connectivity index (χ1n) is 6.96. The number of alkyl halides is 3. The van der Waals surface area contributed by atoms with Crippen LogP contribution in [0.5, 0.6) is 0 Å². The Labute approximate surface area is 120 Å². The number of hydrogen-bond acceptors (Lipinski definition) is 3. The fourth-order valence-corrected chi connectivity index (χ4v) is 3.45. The summed E-state index contributed by atoms with van der Waals surface area (Å²) in [7, 11) is 0. The van der Waals surface area contributed by atoms with Gasteiger partial charge in [0.2, 0.25) is 5.72 Å². The molecule has 1 aromatic rings. The van der Waals surface area contributed by atoms with E-state index in [4.69, 9.17) is 4.74 Å². The molecule has 1 aromatic carbocycles. The van der Waals surface area contributed by atoms with E-state index in [-0.39, 0.29) is 19.4 Å². The monoisotopic (exact) mass is 299 g/mol. The molecule has 3 atom stereocenters. The van der Waals surface area contributed by atoms with Crippen molar-refractivity contribution >= 4 is 6.29 Å². The van der Waals surface area contributed by atoms with Crippen molar-refractivity contribution in [3.63, 3.8) is 0 Å². The highest BCUT2D eigenvalue weighted by Crippen LogP contribution is 2.50. The second kappa shape index (κ2) is 5.10. The van der Waals surface area contributed by atoms with Crippen LogP contribution in [-0.2, 0) is 16.0 Å². The number of nitrogens with zero attached hydrogens (tertiary/aromatic N) is 1. The molecule has 0 bridgehead atoms. The lowest BCUT2D eigenvalue weighted by molar-refractivity contribution is -0.297. The second-order valence-corrected chi connectivity index (χ2v) is 5.59. The van der Waals surface area contributed by atoms with Crippen LogP contribution in [-0.4, -0.2) is 41.8 Å². The molecule has 6 heteroatoms. The Morgan fingerprint density at radius 3 is 2.67 bits per heavy atom. The van der Waals surface area contributed by atoms with Crippen molar-refractivity contribution in [2.75, 3.05) is 6.61 Å². The maximum absolute atomic E-state index is 13.4. The molecule has 0 aromatic heterocycles. The van der Waals surface area contributed by atoms with E-state index >= 15 is 0 Å². The van der Waals surface area contributed by atoms with Crippen LogP contribution in [0.2, 0.25) is 0 Å². The van der Waals surface area contributed by atoms with Crippen molar-refractivity contribution in [2.24, 2.45) is 0 Å². The summed E-state index contributed by atoms with van der Waals surface area (Å²) >= 11 is 0. The Kier molecular flexibility index (Phi) is 3.53. The van der Waals surface area contributed by atoms with Crippen LogP contribution >= 0.6 is 0 Å². The maximum atomic E-state index is 13.4. The van der Waals surface area contributed by atoms with E-state index in [1.54, 1.807) is 0 Å². The van der Waals surface area contributed by atoms with Gasteiger partial charge in [-0.3, -0.25) is 4.90 Å². The molecule has 3 rings (SSSR count). The minimum Gasteiger partial charge on any atom is -0.350 e. The van der Waals surface area contributed by atoms with E-state index < -0.39 is 24.0 Å². The van der Waals surface area contributed by atoms with Crippen LogP contribution in [0.25, 0.3) is 0 Å². The lowest BCUT2D eigenvalue weighted by Gasteiger charge is -2.36. The highest BCUT2D eigenvalue weighted by Gasteiger charge is 2.68. The lowest BCUT2D eigenvalue weighted by atomic mass is 10.0. The van der Waals surface area contributed by atoms with Gasteiger partial charge in [-0.2, -0.15) is 13.2 Å². The molecule has 0 saturated carbocycles. The van der Waals surface area contributed by atoms with Crippen molar-refractivity contribution in [1.29, 1.82) is 0 Å². The molecule has 2 fully saturated rings. The van der Waals surface area contributed by atoms with E-state index in [0.29, 0.717) is 12.7 Å². The standard InChI is InChI=1S/C15H16F3NO2/c16-15(17,18)14-7-6-12(9-20)19(14)13(10-21-14)8-11-4-2-1-3-5-11/h1-5,9,12-13H,6-8,10H2/t12?,13-,14?/m1/s1. The number of carbonyl (C=O) groups excluding carboxylic acids is 1. The lowest BCUT2D eigenvalue weighted by Crippen LogP contribution is -2.56. The van der Waals surface area contributed by atoms with Crippen molar-refractivity contribution in [3.05, 3.63) is 35.9 Å². The summed E-state index contributed by atoms with van der Waals surface area (Å²) in [5.41, 5.74) is -1.33. The first kappa shape index (κ1) is 14.5. The van der Waals surface area contributed by atoms with Crippen molar-refractivity contribution < 1.29 is 22.7 Å². The molecule has 0 radical (unpaired) electrons. The molecule has 2 heterocycles. The van der Waals surface area contributed by atoms with Crippen molar-refractivity contribution in [3.8, 4) is 0 Å². The third-order valence-corrected chi connectivity index (χ3v) is 4.38. The Bertz CT molecular complexity index is 519. The van der Waals surface area contributed by atoms with Gasteiger partial charge in [-0.1, -0.05) is 30.3 Å². The largest absolute Gasteiger partial charge is 0.431 e. The Morgan fingerprint density at radius 2 is 2.05 bits per heavy atom. The van der Waals surface area contributed by atoms with Crippen molar-refractivity contribution in [1.82, 2.24) is 4.90 Å². The van der Waals surface area contributed by atoms with Crippen LogP contribution in [0.4, 0.5) is 13.2 Å². The fourth-order valence-electron chi connectivity index (χ4n) is 3.45. The van der Waals surface area contributed by atoms with Gasteiger partial charge in [-0.25, -0.2) is 0 Å². The summed E-state index contributed by atoms with van der Waals surface area (Å²) in [6.45, 7) is -0.00125. The Hall–Kier alpha value is -1.40. The first-order valence-corrected chi connectivity index (χ1v) is 6.96. The van der Waals surface area contributed by atoms with Crippen LogP contribution in [0.3, 0.4) is 0 Å². The molecule has 2 aliphatic heterocycles. The van der Waals surface area contributed by atoms with Gasteiger partial charge in [-0.15, -0.1) is 0 Å². The first-order chi connectivity index (χ1) is 9.98. The van der Waals surface area contributed by atoms with E-state index in [2.05, 4.69) is 0 Å². The quantitative estimate of drug-likeness (QED) is 0.803. The summed E-state index contributed by atoms with van der Waals surface area (Å²) < 4.78 is 45.5. The molecule has 0 spiro atoms. The smallest absolute Gasteiger partial charge is 0.350 e. The topological polar surface area (TPSA) is 29.5 Å². The third-order valence-electron chi connectivity index (χ3n) is 4.38. The molecule has 114 valence electrons. The number of hydrogen-bond donors (Lipinski definition) is 0. The van der Waals surface area contributed by atoms with Gasteiger partial charge in [0.1, 0.15) is 6.29 Å². The molecule has 3 nitrogen and oxygen atoms in total. The van der Waals surface area contributed by atoms with Gasteiger partial charge < -0.3 is 9.53 Å². The molecule has 2 unspecified atom stereocenters. The minimum absolute atomic E-state index is 0.00125. The third kappa shape index (κ3) is 2.26. The maximum Gasteiger partial charge on any atom is 0.431 e. The van der Waals surface area contributed by atoms with Crippen molar-refractivity contribution in [2.45, 2.75) is 43.2 Å². The molecular formula is C15H16F3NO2. The van der Waals surface area contributed by atoms with Gasteiger partial charge in [0.05, 0.1) is 12.6 Å². The number of halogens is 3. The SMILES string of the molecule is O=CC1CCC2(C(F)(F)F)OC[C@@H](Cc3ccccc3)N12. The molecular weight excluding hydrogens is 283 g/mol. The Balaban J connectivity index is 1.89. The number of rotatable bonds is 3. The molecule has 2 saturated heterocycles. The number of ether oxygens (including phenoxy) is 1. The van der Waals surface area contributed by atoms with Gasteiger partial charge >= 0.3 is 6.18 Å². The van der Waals surface area contributed by atoms with Crippen LogP contribution in [0, 0.1) is 0 Å². The van der Waals surface area contributed by atoms with E-state index in [0.717, 1.165) is 5.56 Å². The number of benzene rings is 1. The van der Waals surface area contributed by atoms with Gasteiger partial charge in [0.25, 0.3) is 0 Å². The van der Waals surface area contributed by atoms with Gasteiger partial charge in [0.15, 0.2) is 0 Å². The summed E-state index contributed by atoms with van der Waals surface area (Å²) in [5.74, 6) is 0. The van der Waals surface area contributed by atoms with Crippen LogP contribution in [0.1, 0.15) is 18.4 Å². The summed E-state index contributed by atoms with van der Waals surface area (Å²) in [6.07, 6.45) is -3.42. The zero-order valence-electron chi connectivity index (χ0n) is 11.3. The molecule has 0 aliphatic carbocycles. The predicted octanol–water partition coefficient (Wildman–Crippen LogP) is 2.55. The Morgan fingerprint density at radius 1 is 1.33 bits per heavy atom. The summed E-state index contributed by atoms with van der Waals surface area (Å²) in [6, 6.07) is 8.17. The van der Waals surface area contributed by atoms with Crippen LogP contribution in [0.15, 0.2) is 30.3 Å². The number of fused-ring (bicyclic) bond motifs is 1. The van der Waals surface area contributed by atoms with E-state index in [9.17, 15) is 18.0 Å². The van der Waals surface area contributed by atoms with Gasteiger partial charge in [0, 0.05) is 12.5 Å². The molecule has 0 N–H and O–H groups in total. The zero-order chi connectivity index (χ0) is 15.1. The molecule has 2 aliphatic rings. The average molecular weight is 299 g/mol. The summed E-state index contributed by atoms with van der Waals surface area (Å²) in [5, 5.41) is 0. The minimum atomic E-state index is -4.49. The number of carbonyl (C=O) groups is 1. The van der Waals surface area contributed by atoms with E-state index in [1.807, 2.05) is 30.3 Å². The van der Waals surface area contributed by atoms with E-state index in [1.165, 1.54) is 4.90 Å². The molecule has 21 heavy (non-hydrogen) atoms. The van der Waals surface area contributed by atoms with Gasteiger partial charge in [-0.05, 0) is 18.4 Å². The normalized spacial score (nSPS) is 33.1. The average Bonchev–Trinajstić information content (AvgIpc) is 2.99. The predicted molar refractivity (Wildman–Crippen MR) is 69.6 cm³/mol. The highest BCUT2D eigenvalue weighted by atomic mass is 19.4. The number of aldehydes is 1. The van der Waals surface area contributed by atoms with Crippen LogP contribution < -0.4 is 0 Å².